The highest BCUT2D eigenvalue weighted by Gasteiger charge is 2.15. The summed E-state index contributed by atoms with van der Waals surface area (Å²) in [7, 11) is 3.48. The highest BCUT2D eigenvalue weighted by molar-refractivity contribution is 6.34. The molecule has 0 aliphatic rings. The largest absolute Gasteiger partial charge is 0.478 e. The van der Waals surface area contributed by atoms with Crippen LogP contribution in [0, 0.1) is 0 Å². The molecule has 1 rings (SSSR count). The summed E-state index contributed by atoms with van der Waals surface area (Å²) in [4.78, 5) is 24.2. The molecule has 0 aliphatic heterocycles. The maximum absolute atomic E-state index is 11.5. The number of nitrogens with zero attached hydrogens (tertiary/aromatic N) is 1. The lowest BCUT2D eigenvalue weighted by molar-refractivity contribution is -0.116. The van der Waals surface area contributed by atoms with Crippen LogP contribution in [0.3, 0.4) is 0 Å². The molecule has 1 aromatic carbocycles. The number of para-hydroxylation sites is 1. The molecule has 0 fully saturated rings. The second kappa shape index (κ2) is 5.65. The lowest BCUT2D eigenvalue weighted by atomic mass is 10.2. The van der Waals surface area contributed by atoms with Crippen LogP contribution in [0.2, 0.25) is 5.02 Å². The van der Waals surface area contributed by atoms with E-state index in [4.69, 9.17) is 16.7 Å². The number of carboxylic acid groups (broad SMARTS) is 1. The summed E-state index contributed by atoms with van der Waals surface area (Å²) in [6, 6.07) is 4.44. The van der Waals surface area contributed by atoms with E-state index in [-0.39, 0.29) is 28.7 Å². The number of nitrogens with one attached hydrogen (secondary N) is 1. The SMILES string of the molecule is CN(C)CC(=O)Nc1c(Cl)cccc1C(=O)O. The molecule has 0 saturated carbocycles. The van der Waals surface area contributed by atoms with E-state index in [0.29, 0.717) is 0 Å². The van der Waals surface area contributed by atoms with E-state index in [1.54, 1.807) is 19.0 Å². The minimum absolute atomic E-state index is 0.0235. The van der Waals surface area contributed by atoms with Crippen LogP contribution in [0.5, 0.6) is 0 Å². The zero-order valence-corrected chi connectivity index (χ0v) is 10.3. The molecule has 0 atom stereocenters. The van der Waals surface area contributed by atoms with Crippen LogP contribution in [0.15, 0.2) is 18.2 Å². The van der Waals surface area contributed by atoms with E-state index >= 15 is 0 Å². The van der Waals surface area contributed by atoms with Crippen LogP contribution in [-0.4, -0.2) is 42.5 Å². The van der Waals surface area contributed by atoms with E-state index < -0.39 is 5.97 Å². The van der Waals surface area contributed by atoms with Gasteiger partial charge < -0.3 is 15.3 Å². The molecule has 0 spiro atoms. The van der Waals surface area contributed by atoms with Crippen molar-refractivity contribution < 1.29 is 14.7 Å². The first kappa shape index (κ1) is 13.5. The molecule has 0 aliphatic carbocycles. The van der Waals surface area contributed by atoms with Gasteiger partial charge in [-0.15, -0.1) is 0 Å². The Kier molecular flexibility index (Phi) is 4.48. The Morgan fingerprint density at radius 2 is 2.06 bits per heavy atom. The van der Waals surface area contributed by atoms with Crippen molar-refractivity contribution in [1.29, 1.82) is 0 Å². The van der Waals surface area contributed by atoms with Gasteiger partial charge in [-0.05, 0) is 26.2 Å². The van der Waals surface area contributed by atoms with Crippen LogP contribution in [0.4, 0.5) is 5.69 Å². The topological polar surface area (TPSA) is 69.6 Å². The molecule has 92 valence electrons. The second-order valence-electron chi connectivity index (χ2n) is 3.75. The molecule has 0 saturated heterocycles. The standard InChI is InChI=1S/C11H13ClN2O3/c1-14(2)6-9(15)13-10-7(11(16)17)4-3-5-8(10)12/h3-5H,6H2,1-2H3,(H,13,15)(H,16,17). The van der Waals surface area contributed by atoms with E-state index in [2.05, 4.69) is 5.32 Å². The summed E-state index contributed by atoms with van der Waals surface area (Å²) < 4.78 is 0. The smallest absolute Gasteiger partial charge is 0.337 e. The number of aromatic carboxylic acids is 1. The van der Waals surface area contributed by atoms with E-state index in [1.807, 2.05) is 0 Å². The van der Waals surface area contributed by atoms with Gasteiger partial charge in [-0.2, -0.15) is 0 Å². The van der Waals surface area contributed by atoms with E-state index in [1.165, 1.54) is 18.2 Å². The summed E-state index contributed by atoms with van der Waals surface area (Å²) in [6.07, 6.45) is 0. The Bertz CT molecular complexity index is 446. The number of rotatable bonds is 4. The summed E-state index contributed by atoms with van der Waals surface area (Å²) >= 11 is 5.86. The van der Waals surface area contributed by atoms with Crippen molar-refractivity contribution in [2.45, 2.75) is 0 Å². The summed E-state index contributed by atoms with van der Waals surface area (Å²) in [6.45, 7) is 0.157. The molecule has 1 aromatic rings. The molecule has 6 heteroatoms. The third kappa shape index (κ3) is 3.72. The summed E-state index contributed by atoms with van der Waals surface area (Å²) in [5.41, 5.74) is 0.109. The van der Waals surface area contributed by atoms with Crippen LogP contribution in [0.25, 0.3) is 0 Å². The van der Waals surface area contributed by atoms with Crippen LogP contribution < -0.4 is 5.32 Å². The Hall–Kier alpha value is -1.59. The van der Waals surface area contributed by atoms with Crippen molar-refractivity contribution >= 4 is 29.2 Å². The van der Waals surface area contributed by atoms with Crippen molar-refractivity contribution in [1.82, 2.24) is 4.90 Å². The van der Waals surface area contributed by atoms with Crippen molar-refractivity contribution in [2.75, 3.05) is 26.0 Å². The Labute approximate surface area is 104 Å². The fourth-order valence-electron chi connectivity index (χ4n) is 1.30. The van der Waals surface area contributed by atoms with E-state index in [0.717, 1.165) is 0 Å². The zero-order chi connectivity index (χ0) is 13.0. The molecule has 1 amide bonds. The number of hydrogen-bond acceptors (Lipinski definition) is 3. The van der Waals surface area contributed by atoms with Gasteiger partial charge in [0.1, 0.15) is 0 Å². The van der Waals surface area contributed by atoms with Crippen LogP contribution in [-0.2, 0) is 4.79 Å². The quantitative estimate of drug-likeness (QED) is 0.857. The maximum atomic E-state index is 11.5. The number of halogens is 1. The lowest BCUT2D eigenvalue weighted by Crippen LogP contribution is -2.27. The molecule has 0 bridgehead atoms. The molecule has 0 radical (unpaired) electrons. The first-order valence-corrected chi connectivity index (χ1v) is 5.26. The minimum atomic E-state index is -1.13. The Balaban J connectivity index is 2.97. The molecule has 0 heterocycles. The van der Waals surface area contributed by atoms with Gasteiger partial charge in [0.05, 0.1) is 22.8 Å². The number of amides is 1. The van der Waals surface area contributed by atoms with Gasteiger partial charge in [-0.25, -0.2) is 4.79 Å². The van der Waals surface area contributed by atoms with Gasteiger partial charge in [0.25, 0.3) is 0 Å². The van der Waals surface area contributed by atoms with Crippen molar-refractivity contribution in [2.24, 2.45) is 0 Å². The number of anilines is 1. The van der Waals surface area contributed by atoms with Crippen molar-refractivity contribution in [3.8, 4) is 0 Å². The number of carbonyl (C=O) groups is 2. The molecule has 5 nitrogen and oxygen atoms in total. The third-order valence-corrected chi connectivity index (χ3v) is 2.28. The Morgan fingerprint density at radius 1 is 1.41 bits per heavy atom. The average Bonchev–Trinajstić information content (AvgIpc) is 2.19. The highest BCUT2D eigenvalue weighted by Crippen LogP contribution is 2.25. The number of carboxylic acids is 1. The first-order chi connectivity index (χ1) is 7.91. The number of carbonyl (C=O) groups excluding carboxylic acids is 1. The number of benzene rings is 1. The fraction of sp³-hybridized carbons (Fsp3) is 0.273. The third-order valence-electron chi connectivity index (χ3n) is 1.97. The highest BCUT2D eigenvalue weighted by atomic mass is 35.5. The number of likely N-dealkylation sites (N-methyl/N-ethyl adjacent to an activating group) is 1. The molecule has 0 unspecified atom stereocenters. The normalized spacial score (nSPS) is 10.4. The molecular formula is C11H13ClN2O3. The fourth-order valence-corrected chi connectivity index (χ4v) is 1.52. The number of hydrogen-bond donors (Lipinski definition) is 2. The maximum Gasteiger partial charge on any atom is 0.337 e. The second-order valence-corrected chi connectivity index (χ2v) is 4.16. The predicted octanol–water partition coefficient (Wildman–Crippen LogP) is 1.54. The average molecular weight is 257 g/mol. The molecule has 2 N–H and O–H groups in total. The van der Waals surface area contributed by atoms with Gasteiger partial charge in [-0.3, -0.25) is 4.79 Å². The lowest BCUT2D eigenvalue weighted by Gasteiger charge is -2.12. The molecular weight excluding hydrogens is 244 g/mol. The van der Waals surface area contributed by atoms with Crippen LogP contribution in [0.1, 0.15) is 10.4 Å². The van der Waals surface area contributed by atoms with Gasteiger partial charge in [-0.1, -0.05) is 17.7 Å². The van der Waals surface area contributed by atoms with Gasteiger partial charge in [0.15, 0.2) is 0 Å². The van der Waals surface area contributed by atoms with E-state index in [9.17, 15) is 9.59 Å². The van der Waals surface area contributed by atoms with Gasteiger partial charge in [0, 0.05) is 0 Å². The Morgan fingerprint density at radius 3 is 2.59 bits per heavy atom. The summed E-state index contributed by atoms with van der Waals surface area (Å²) in [5, 5.41) is 11.7. The molecule has 0 aromatic heterocycles. The zero-order valence-electron chi connectivity index (χ0n) is 9.53. The van der Waals surface area contributed by atoms with Gasteiger partial charge >= 0.3 is 5.97 Å². The minimum Gasteiger partial charge on any atom is -0.478 e. The first-order valence-electron chi connectivity index (χ1n) is 4.88. The predicted molar refractivity (Wildman–Crippen MR) is 65.6 cm³/mol. The monoisotopic (exact) mass is 256 g/mol. The molecule has 17 heavy (non-hydrogen) atoms. The van der Waals surface area contributed by atoms with Crippen molar-refractivity contribution in [3.05, 3.63) is 28.8 Å². The van der Waals surface area contributed by atoms with Crippen molar-refractivity contribution in [3.63, 3.8) is 0 Å². The van der Waals surface area contributed by atoms with Crippen LogP contribution >= 0.6 is 11.6 Å². The summed E-state index contributed by atoms with van der Waals surface area (Å²) in [5.74, 6) is -1.45. The van der Waals surface area contributed by atoms with Gasteiger partial charge in [0.2, 0.25) is 5.91 Å².